The molecule has 2 rings (SSSR count). The first-order valence-electron chi connectivity index (χ1n) is 7.95. The van der Waals surface area contributed by atoms with Crippen LogP contribution in [-0.2, 0) is 14.4 Å². The van der Waals surface area contributed by atoms with Crippen LogP contribution in [0.15, 0.2) is 0 Å². The minimum absolute atomic E-state index is 0.0718. The normalized spacial score (nSPS) is 20.8. The average Bonchev–Trinajstić information content (AvgIpc) is 2.75. The summed E-state index contributed by atoms with van der Waals surface area (Å²) in [4.78, 5) is 38.0. The maximum Gasteiger partial charge on any atom is 0.232 e. The van der Waals surface area contributed by atoms with Crippen molar-refractivity contribution in [3.05, 3.63) is 0 Å². The molecule has 21 heavy (non-hydrogen) atoms. The summed E-state index contributed by atoms with van der Waals surface area (Å²) in [5.41, 5.74) is 0. The minimum atomic E-state index is -0.162. The Labute approximate surface area is 125 Å². The van der Waals surface area contributed by atoms with Crippen molar-refractivity contribution in [2.24, 2.45) is 0 Å². The molecule has 1 heterocycles. The van der Waals surface area contributed by atoms with E-state index in [0.29, 0.717) is 26.2 Å². The van der Waals surface area contributed by atoms with E-state index in [0.717, 1.165) is 32.1 Å². The second-order valence-electron chi connectivity index (χ2n) is 5.95. The van der Waals surface area contributed by atoms with Crippen molar-refractivity contribution in [1.29, 1.82) is 0 Å². The fourth-order valence-corrected chi connectivity index (χ4v) is 3.03. The van der Waals surface area contributed by atoms with Crippen molar-refractivity contribution >= 4 is 18.2 Å². The van der Waals surface area contributed by atoms with Crippen LogP contribution in [0.2, 0.25) is 0 Å². The fourth-order valence-electron chi connectivity index (χ4n) is 3.03. The SMILES string of the molecule is O=CN1CCN(C(=O)CC(=O)NC2CCCCCC2)CC1. The van der Waals surface area contributed by atoms with Gasteiger partial charge in [0, 0.05) is 32.2 Å². The third kappa shape index (κ3) is 5.02. The number of hydrogen-bond acceptors (Lipinski definition) is 3. The molecular formula is C15H25N3O3. The van der Waals surface area contributed by atoms with Gasteiger partial charge in [0.1, 0.15) is 6.42 Å². The molecule has 1 N–H and O–H groups in total. The molecule has 6 nitrogen and oxygen atoms in total. The number of amides is 3. The topological polar surface area (TPSA) is 69.7 Å². The minimum Gasteiger partial charge on any atom is -0.353 e. The Hall–Kier alpha value is -1.59. The highest BCUT2D eigenvalue weighted by atomic mass is 16.2. The zero-order valence-electron chi connectivity index (χ0n) is 12.6. The Morgan fingerprint density at radius 1 is 1.00 bits per heavy atom. The number of nitrogens with one attached hydrogen (secondary N) is 1. The third-order valence-corrected chi connectivity index (χ3v) is 4.35. The molecular weight excluding hydrogens is 270 g/mol. The summed E-state index contributed by atoms with van der Waals surface area (Å²) < 4.78 is 0. The lowest BCUT2D eigenvalue weighted by atomic mass is 10.1. The van der Waals surface area contributed by atoms with Gasteiger partial charge in [0.05, 0.1) is 0 Å². The number of piperazine rings is 1. The van der Waals surface area contributed by atoms with Crippen molar-refractivity contribution < 1.29 is 14.4 Å². The molecule has 0 radical (unpaired) electrons. The predicted molar refractivity (Wildman–Crippen MR) is 78.5 cm³/mol. The van der Waals surface area contributed by atoms with Gasteiger partial charge in [-0.1, -0.05) is 25.7 Å². The molecule has 1 saturated carbocycles. The van der Waals surface area contributed by atoms with Crippen molar-refractivity contribution in [2.45, 2.75) is 51.0 Å². The van der Waals surface area contributed by atoms with E-state index in [4.69, 9.17) is 0 Å². The summed E-state index contributed by atoms with van der Waals surface area (Å²) in [5.74, 6) is -0.295. The third-order valence-electron chi connectivity index (χ3n) is 4.35. The number of rotatable bonds is 4. The van der Waals surface area contributed by atoms with Crippen LogP contribution in [0.5, 0.6) is 0 Å². The van der Waals surface area contributed by atoms with Crippen LogP contribution < -0.4 is 5.32 Å². The largest absolute Gasteiger partial charge is 0.353 e. The molecule has 3 amide bonds. The van der Waals surface area contributed by atoms with Gasteiger partial charge in [-0.15, -0.1) is 0 Å². The van der Waals surface area contributed by atoms with Crippen molar-refractivity contribution in [2.75, 3.05) is 26.2 Å². The van der Waals surface area contributed by atoms with Crippen LogP contribution in [0.3, 0.4) is 0 Å². The summed E-state index contributed by atoms with van der Waals surface area (Å²) in [6, 6.07) is 0.236. The van der Waals surface area contributed by atoms with Gasteiger partial charge in [-0.2, -0.15) is 0 Å². The Balaban J connectivity index is 1.71. The highest BCUT2D eigenvalue weighted by molar-refractivity contribution is 5.97. The number of carbonyl (C=O) groups excluding carboxylic acids is 3. The van der Waals surface area contributed by atoms with Gasteiger partial charge in [-0.3, -0.25) is 14.4 Å². The molecule has 0 bridgehead atoms. The van der Waals surface area contributed by atoms with Gasteiger partial charge < -0.3 is 15.1 Å². The van der Waals surface area contributed by atoms with E-state index in [9.17, 15) is 14.4 Å². The highest BCUT2D eigenvalue weighted by Crippen LogP contribution is 2.17. The van der Waals surface area contributed by atoms with Crippen LogP contribution in [-0.4, -0.2) is 60.2 Å². The van der Waals surface area contributed by atoms with E-state index in [1.165, 1.54) is 12.8 Å². The van der Waals surface area contributed by atoms with E-state index in [2.05, 4.69) is 5.32 Å². The first kappa shape index (κ1) is 15.8. The van der Waals surface area contributed by atoms with Gasteiger partial charge in [0.15, 0.2) is 0 Å². The van der Waals surface area contributed by atoms with Crippen LogP contribution in [0.4, 0.5) is 0 Å². The lowest BCUT2D eigenvalue weighted by Gasteiger charge is -2.32. The van der Waals surface area contributed by atoms with Gasteiger partial charge in [-0.25, -0.2) is 0 Å². The van der Waals surface area contributed by atoms with Crippen LogP contribution in [0.25, 0.3) is 0 Å². The van der Waals surface area contributed by atoms with E-state index in [1.54, 1.807) is 9.80 Å². The maximum absolute atomic E-state index is 12.1. The number of carbonyl (C=O) groups is 3. The first-order valence-corrected chi connectivity index (χ1v) is 7.95. The Morgan fingerprint density at radius 2 is 1.62 bits per heavy atom. The molecule has 0 aromatic heterocycles. The smallest absolute Gasteiger partial charge is 0.232 e. The monoisotopic (exact) mass is 295 g/mol. The lowest BCUT2D eigenvalue weighted by molar-refractivity contribution is -0.139. The molecule has 0 spiro atoms. The van der Waals surface area contributed by atoms with Gasteiger partial charge in [-0.05, 0) is 12.8 Å². The molecule has 2 fully saturated rings. The molecule has 0 aromatic carbocycles. The molecule has 0 atom stereocenters. The van der Waals surface area contributed by atoms with Gasteiger partial charge >= 0.3 is 0 Å². The summed E-state index contributed by atoms with van der Waals surface area (Å²) in [6.45, 7) is 2.15. The van der Waals surface area contributed by atoms with Crippen molar-refractivity contribution in [3.8, 4) is 0 Å². The summed E-state index contributed by atoms with van der Waals surface area (Å²) in [7, 11) is 0. The van der Waals surface area contributed by atoms with E-state index in [1.807, 2.05) is 0 Å². The van der Waals surface area contributed by atoms with Crippen LogP contribution >= 0.6 is 0 Å². The molecule has 1 aliphatic heterocycles. The standard InChI is InChI=1S/C15H25N3O3/c19-12-17-7-9-18(10-8-17)15(21)11-14(20)16-13-5-3-1-2-4-6-13/h12-13H,1-11H2,(H,16,20). The molecule has 2 aliphatic rings. The number of nitrogens with zero attached hydrogens (tertiary/aromatic N) is 2. The summed E-state index contributed by atoms with van der Waals surface area (Å²) in [6.07, 6.45) is 7.59. The summed E-state index contributed by atoms with van der Waals surface area (Å²) in [5, 5.41) is 3.00. The highest BCUT2D eigenvalue weighted by Gasteiger charge is 2.23. The van der Waals surface area contributed by atoms with E-state index < -0.39 is 0 Å². The Morgan fingerprint density at radius 3 is 2.19 bits per heavy atom. The zero-order chi connectivity index (χ0) is 15.1. The molecule has 0 aromatic rings. The van der Waals surface area contributed by atoms with Crippen molar-refractivity contribution in [1.82, 2.24) is 15.1 Å². The van der Waals surface area contributed by atoms with Crippen LogP contribution in [0, 0.1) is 0 Å². The lowest BCUT2D eigenvalue weighted by Crippen LogP contribution is -2.49. The van der Waals surface area contributed by atoms with Gasteiger partial charge in [0.2, 0.25) is 18.2 Å². The quantitative estimate of drug-likeness (QED) is 0.467. The molecule has 6 heteroatoms. The fraction of sp³-hybridized carbons (Fsp3) is 0.800. The molecule has 1 aliphatic carbocycles. The molecule has 118 valence electrons. The summed E-state index contributed by atoms with van der Waals surface area (Å²) >= 11 is 0. The Bertz CT molecular complexity index is 370. The first-order chi connectivity index (χ1) is 10.2. The van der Waals surface area contributed by atoms with Crippen LogP contribution in [0.1, 0.15) is 44.9 Å². The second kappa shape index (κ2) is 8.00. The van der Waals surface area contributed by atoms with E-state index >= 15 is 0 Å². The van der Waals surface area contributed by atoms with Crippen molar-refractivity contribution in [3.63, 3.8) is 0 Å². The predicted octanol–water partition coefficient (Wildman–Crippen LogP) is 0.516. The second-order valence-corrected chi connectivity index (χ2v) is 5.95. The molecule has 0 unspecified atom stereocenters. The zero-order valence-corrected chi connectivity index (χ0v) is 12.6. The van der Waals surface area contributed by atoms with E-state index in [-0.39, 0.29) is 24.3 Å². The maximum atomic E-state index is 12.1. The van der Waals surface area contributed by atoms with Gasteiger partial charge in [0.25, 0.3) is 0 Å². The average molecular weight is 295 g/mol. The number of hydrogen-bond donors (Lipinski definition) is 1. The Kier molecular flexibility index (Phi) is 6.02. The molecule has 1 saturated heterocycles.